The van der Waals surface area contributed by atoms with Crippen LogP contribution in [0.25, 0.3) is 0 Å². The quantitative estimate of drug-likeness (QED) is 0.879. The van der Waals surface area contributed by atoms with E-state index in [2.05, 4.69) is 17.6 Å². The molecule has 0 fully saturated rings. The Bertz CT molecular complexity index is 545. The maximum Gasteiger partial charge on any atom is 0.251 e. The number of rotatable bonds is 3. The van der Waals surface area contributed by atoms with Crippen molar-refractivity contribution in [1.29, 1.82) is 0 Å². The monoisotopic (exact) mass is 278 g/mol. The van der Waals surface area contributed by atoms with E-state index in [1.54, 1.807) is 0 Å². The van der Waals surface area contributed by atoms with E-state index in [0.29, 0.717) is 31.6 Å². The summed E-state index contributed by atoms with van der Waals surface area (Å²) in [6.45, 7) is 4.01. The van der Waals surface area contributed by atoms with E-state index in [9.17, 15) is 9.18 Å². The lowest BCUT2D eigenvalue weighted by Gasteiger charge is -2.30. The fraction of sp³-hybridized carbons (Fsp3) is 0.533. The lowest BCUT2D eigenvalue weighted by atomic mass is 9.89. The van der Waals surface area contributed by atoms with Gasteiger partial charge >= 0.3 is 0 Å². The highest BCUT2D eigenvalue weighted by atomic mass is 19.1. The summed E-state index contributed by atoms with van der Waals surface area (Å²) in [5.74, 6) is -0.194. The fourth-order valence-corrected chi connectivity index (χ4v) is 2.94. The summed E-state index contributed by atoms with van der Waals surface area (Å²) in [4.78, 5) is 12.1. The largest absolute Gasteiger partial charge is 0.489 e. The molecule has 0 aromatic heterocycles. The third kappa shape index (κ3) is 2.26. The van der Waals surface area contributed by atoms with Gasteiger partial charge in [-0.2, -0.15) is 0 Å². The molecule has 5 heteroatoms. The molecule has 0 radical (unpaired) electrons. The van der Waals surface area contributed by atoms with Crippen molar-refractivity contribution >= 4 is 5.91 Å². The molecular weight excluding hydrogens is 259 g/mol. The predicted molar refractivity (Wildman–Crippen MR) is 73.7 cm³/mol. The van der Waals surface area contributed by atoms with Crippen molar-refractivity contribution in [2.45, 2.75) is 32.2 Å². The Morgan fingerprint density at radius 3 is 3.20 bits per heavy atom. The number of ether oxygens (including phenoxy) is 1. The number of benzene rings is 1. The summed E-state index contributed by atoms with van der Waals surface area (Å²) in [7, 11) is 0. The Morgan fingerprint density at radius 2 is 2.40 bits per heavy atom. The molecule has 1 aromatic rings. The van der Waals surface area contributed by atoms with Gasteiger partial charge in [-0.1, -0.05) is 6.92 Å². The zero-order chi connectivity index (χ0) is 14.1. The molecule has 0 aliphatic carbocycles. The first kappa shape index (κ1) is 13.4. The summed E-state index contributed by atoms with van der Waals surface area (Å²) >= 11 is 0. The molecular formula is C15H19FN2O2. The van der Waals surface area contributed by atoms with Gasteiger partial charge in [0, 0.05) is 23.7 Å². The number of carbonyl (C=O) groups excluding carboxylic acids is 1. The van der Waals surface area contributed by atoms with Gasteiger partial charge in [0.05, 0.1) is 0 Å². The van der Waals surface area contributed by atoms with Crippen molar-refractivity contribution in [1.82, 2.24) is 10.6 Å². The number of hydrogen-bond donors (Lipinski definition) is 2. The second-order valence-corrected chi connectivity index (χ2v) is 5.37. The first-order chi connectivity index (χ1) is 9.70. The summed E-state index contributed by atoms with van der Waals surface area (Å²) in [6.07, 6.45) is 2.35. The maximum atomic E-state index is 14.1. The van der Waals surface area contributed by atoms with E-state index >= 15 is 0 Å². The minimum Gasteiger partial charge on any atom is -0.489 e. The first-order valence-corrected chi connectivity index (χ1v) is 7.19. The third-order valence-corrected chi connectivity index (χ3v) is 3.88. The number of halogens is 1. The van der Waals surface area contributed by atoms with E-state index in [-0.39, 0.29) is 23.5 Å². The van der Waals surface area contributed by atoms with Crippen LogP contribution in [0.3, 0.4) is 0 Å². The van der Waals surface area contributed by atoms with Crippen LogP contribution in [-0.4, -0.2) is 31.6 Å². The number of carbonyl (C=O) groups is 1. The lowest BCUT2D eigenvalue weighted by molar-refractivity contribution is 0.0942. The van der Waals surface area contributed by atoms with E-state index in [1.165, 1.54) is 6.07 Å². The van der Waals surface area contributed by atoms with Crippen molar-refractivity contribution in [3.05, 3.63) is 28.6 Å². The van der Waals surface area contributed by atoms with Gasteiger partial charge in [0.1, 0.15) is 6.61 Å². The van der Waals surface area contributed by atoms with Crippen LogP contribution in [0, 0.1) is 5.82 Å². The average molecular weight is 278 g/mol. The Labute approximate surface area is 117 Å². The highest BCUT2D eigenvalue weighted by molar-refractivity contribution is 5.99. The molecule has 0 bridgehead atoms. The smallest absolute Gasteiger partial charge is 0.251 e. The van der Waals surface area contributed by atoms with E-state index in [0.717, 1.165) is 24.1 Å². The SMILES string of the molecule is CCCNC1COc2c(F)cc3c(c2C1)C(=O)NCC3. The van der Waals surface area contributed by atoms with Crippen LogP contribution in [0.1, 0.15) is 34.8 Å². The third-order valence-electron chi connectivity index (χ3n) is 3.88. The molecule has 2 heterocycles. The molecule has 1 unspecified atom stereocenters. The number of hydrogen-bond acceptors (Lipinski definition) is 3. The molecule has 3 rings (SSSR count). The van der Waals surface area contributed by atoms with Crippen LogP contribution in [0.15, 0.2) is 6.07 Å². The van der Waals surface area contributed by atoms with Gasteiger partial charge in [-0.15, -0.1) is 0 Å². The Morgan fingerprint density at radius 1 is 1.55 bits per heavy atom. The Kier molecular flexibility index (Phi) is 3.61. The van der Waals surface area contributed by atoms with Crippen LogP contribution in [0.2, 0.25) is 0 Å². The van der Waals surface area contributed by atoms with Gasteiger partial charge in [-0.25, -0.2) is 4.39 Å². The molecule has 1 aromatic carbocycles. The van der Waals surface area contributed by atoms with E-state index in [4.69, 9.17) is 4.74 Å². The van der Waals surface area contributed by atoms with Gasteiger partial charge in [-0.05, 0) is 37.4 Å². The van der Waals surface area contributed by atoms with Crippen LogP contribution in [0.4, 0.5) is 4.39 Å². The first-order valence-electron chi connectivity index (χ1n) is 7.19. The highest BCUT2D eigenvalue weighted by Crippen LogP contribution is 2.34. The molecule has 1 amide bonds. The van der Waals surface area contributed by atoms with Crippen molar-refractivity contribution in [3.8, 4) is 5.75 Å². The second-order valence-electron chi connectivity index (χ2n) is 5.37. The number of amides is 1. The maximum absolute atomic E-state index is 14.1. The fourth-order valence-electron chi connectivity index (χ4n) is 2.94. The van der Waals surface area contributed by atoms with Crippen molar-refractivity contribution in [2.24, 2.45) is 0 Å². The minimum atomic E-state index is -0.345. The van der Waals surface area contributed by atoms with Gasteiger partial charge in [0.15, 0.2) is 11.6 Å². The summed E-state index contributed by atoms with van der Waals surface area (Å²) < 4.78 is 19.6. The molecule has 1 atom stereocenters. The van der Waals surface area contributed by atoms with Gasteiger partial charge in [-0.3, -0.25) is 4.79 Å². The van der Waals surface area contributed by atoms with Crippen LogP contribution in [-0.2, 0) is 12.8 Å². The molecule has 4 nitrogen and oxygen atoms in total. The molecule has 0 spiro atoms. The van der Waals surface area contributed by atoms with Gasteiger partial charge < -0.3 is 15.4 Å². The highest BCUT2D eigenvalue weighted by Gasteiger charge is 2.31. The van der Waals surface area contributed by atoms with Crippen molar-refractivity contribution < 1.29 is 13.9 Å². The van der Waals surface area contributed by atoms with Crippen molar-refractivity contribution in [2.75, 3.05) is 19.7 Å². The predicted octanol–water partition coefficient (Wildman–Crippen LogP) is 1.41. The van der Waals surface area contributed by atoms with Gasteiger partial charge in [0.2, 0.25) is 0 Å². The topological polar surface area (TPSA) is 50.4 Å². The molecule has 2 aliphatic rings. The lowest BCUT2D eigenvalue weighted by Crippen LogP contribution is -2.42. The summed E-state index contributed by atoms with van der Waals surface area (Å²) in [5.41, 5.74) is 2.14. The minimum absolute atomic E-state index is 0.109. The normalized spacial score (nSPS) is 20.7. The molecule has 2 aliphatic heterocycles. The van der Waals surface area contributed by atoms with Crippen LogP contribution >= 0.6 is 0 Å². The van der Waals surface area contributed by atoms with Crippen LogP contribution < -0.4 is 15.4 Å². The Hall–Kier alpha value is -1.62. The molecule has 108 valence electrons. The van der Waals surface area contributed by atoms with E-state index < -0.39 is 0 Å². The number of nitrogens with one attached hydrogen (secondary N) is 2. The Balaban J connectivity index is 1.98. The standard InChI is InChI=1S/C15H19FN2O2/c1-2-4-17-10-7-11-13-9(3-5-18-15(13)19)6-12(16)14(11)20-8-10/h6,10,17H,2-5,7-8H2,1H3,(H,18,19). The van der Waals surface area contributed by atoms with E-state index in [1.807, 2.05) is 0 Å². The summed E-state index contributed by atoms with van der Waals surface area (Å²) in [5, 5.41) is 6.20. The number of fused-ring (bicyclic) bond motifs is 3. The zero-order valence-corrected chi connectivity index (χ0v) is 11.6. The van der Waals surface area contributed by atoms with Crippen LogP contribution in [0.5, 0.6) is 5.75 Å². The molecule has 0 saturated carbocycles. The summed E-state index contributed by atoms with van der Waals surface area (Å²) in [6, 6.07) is 1.59. The van der Waals surface area contributed by atoms with Crippen molar-refractivity contribution in [3.63, 3.8) is 0 Å². The molecule has 0 saturated heterocycles. The molecule has 2 N–H and O–H groups in total. The zero-order valence-electron chi connectivity index (χ0n) is 11.6. The van der Waals surface area contributed by atoms with Gasteiger partial charge in [0.25, 0.3) is 5.91 Å². The second kappa shape index (κ2) is 5.40. The molecule has 20 heavy (non-hydrogen) atoms. The average Bonchev–Trinajstić information content (AvgIpc) is 2.45.